The van der Waals surface area contributed by atoms with E-state index in [4.69, 9.17) is 14.2 Å². The second kappa shape index (κ2) is 5.64. The largest absolute Gasteiger partial charge is 0.469 e. The van der Waals surface area contributed by atoms with E-state index >= 15 is 0 Å². The third-order valence-electron chi connectivity index (χ3n) is 5.73. The fourth-order valence-electron chi connectivity index (χ4n) is 4.11. The smallest absolute Gasteiger partial charge is 0.311 e. The van der Waals surface area contributed by atoms with E-state index in [0.29, 0.717) is 0 Å². The van der Waals surface area contributed by atoms with Crippen LogP contribution >= 0.6 is 0 Å². The predicted molar refractivity (Wildman–Crippen MR) is 74.1 cm³/mol. The van der Waals surface area contributed by atoms with Gasteiger partial charge in [0.05, 0.1) is 19.1 Å². The van der Waals surface area contributed by atoms with Gasteiger partial charge in [0.15, 0.2) is 6.29 Å². The highest BCUT2D eigenvalue weighted by Gasteiger charge is 2.53. The zero-order valence-electron chi connectivity index (χ0n) is 12.5. The van der Waals surface area contributed by atoms with E-state index in [1.807, 2.05) is 0 Å². The van der Waals surface area contributed by atoms with Gasteiger partial charge in [-0.2, -0.15) is 0 Å². The highest BCUT2D eigenvalue weighted by atomic mass is 16.7. The van der Waals surface area contributed by atoms with Crippen molar-refractivity contribution in [3.63, 3.8) is 0 Å². The molecule has 0 aromatic heterocycles. The zero-order chi connectivity index (χ0) is 14.1. The lowest BCUT2D eigenvalue weighted by atomic mass is 9.54. The number of ether oxygens (including phenoxy) is 3. The summed E-state index contributed by atoms with van der Waals surface area (Å²) in [4.78, 5) is 12.0. The van der Waals surface area contributed by atoms with Crippen molar-refractivity contribution in [1.29, 1.82) is 0 Å². The van der Waals surface area contributed by atoms with Crippen LogP contribution < -0.4 is 0 Å². The first-order valence-electron chi connectivity index (χ1n) is 8.00. The second-order valence-corrected chi connectivity index (χ2v) is 6.88. The van der Waals surface area contributed by atoms with Crippen molar-refractivity contribution in [3.05, 3.63) is 0 Å². The van der Waals surface area contributed by atoms with Crippen molar-refractivity contribution >= 4 is 5.97 Å². The molecule has 3 aliphatic carbocycles. The molecular formula is C16H26O4. The monoisotopic (exact) mass is 282 g/mol. The Bertz CT molecular complexity index is 335. The standard InChI is InChI=1S/C16H26O4/c1-18-14(17)16-8-5-15(6-9-16,7-10-16)12-20-13-4-2-3-11-19-13/h13H,2-12H2,1H3. The molecule has 0 amide bonds. The van der Waals surface area contributed by atoms with Crippen molar-refractivity contribution in [2.24, 2.45) is 10.8 Å². The van der Waals surface area contributed by atoms with Gasteiger partial charge in [-0.3, -0.25) is 4.79 Å². The minimum Gasteiger partial charge on any atom is -0.469 e. The summed E-state index contributed by atoms with van der Waals surface area (Å²) in [5.41, 5.74) is 0.106. The lowest BCUT2D eigenvalue weighted by molar-refractivity contribution is -0.196. The lowest BCUT2D eigenvalue weighted by Crippen LogP contribution is -2.48. The number of fused-ring (bicyclic) bond motifs is 3. The number of esters is 1. The Kier molecular flexibility index (Phi) is 4.04. The van der Waals surface area contributed by atoms with Crippen LogP contribution in [0.15, 0.2) is 0 Å². The Morgan fingerprint density at radius 3 is 2.40 bits per heavy atom. The summed E-state index contributed by atoms with van der Waals surface area (Å²) in [6.07, 6.45) is 9.58. The van der Waals surface area contributed by atoms with Crippen molar-refractivity contribution in [2.75, 3.05) is 20.3 Å². The van der Waals surface area contributed by atoms with Crippen molar-refractivity contribution in [1.82, 2.24) is 0 Å². The highest BCUT2D eigenvalue weighted by molar-refractivity contribution is 5.77. The number of carbonyl (C=O) groups excluding carboxylic acids is 1. The molecule has 4 fully saturated rings. The molecule has 0 N–H and O–H groups in total. The van der Waals surface area contributed by atoms with E-state index < -0.39 is 0 Å². The van der Waals surface area contributed by atoms with Crippen LogP contribution in [0.1, 0.15) is 57.8 Å². The Morgan fingerprint density at radius 2 is 1.85 bits per heavy atom. The highest BCUT2D eigenvalue weighted by Crippen LogP contribution is 2.57. The summed E-state index contributed by atoms with van der Waals surface area (Å²) in [6, 6.07) is 0. The molecule has 0 aromatic carbocycles. The Labute approximate surface area is 121 Å². The molecule has 114 valence electrons. The first-order valence-corrected chi connectivity index (χ1v) is 8.00. The van der Waals surface area contributed by atoms with Crippen molar-refractivity contribution in [3.8, 4) is 0 Å². The SMILES string of the molecule is COC(=O)C12CCC(COC3CCCCO3)(CC1)CC2. The minimum atomic E-state index is -0.183. The number of rotatable bonds is 4. The van der Waals surface area contributed by atoms with E-state index in [2.05, 4.69) is 0 Å². The van der Waals surface area contributed by atoms with Crippen LogP contribution in [-0.4, -0.2) is 32.6 Å². The molecule has 0 spiro atoms. The van der Waals surface area contributed by atoms with Gasteiger partial charge >= 0.3 is 5.97 Å². The minimum absolute atomic E-state index is 0.00216. The summed E-state index contributed by atoms with van der Waals surface area (Å²) in [7, 11) is 1.51. The van der Waals surface area contributed by atoms with E-state index in [-0.39, 0.29) is 23.1 Å². The molecule has 4 rings (SSSR count). The third kappa shape index (κ3) is 2.60. The fraction of sp³-hybridized carbons (Fsp3) is 0.938. The topological polar surface area (TPSA) is 44.8 Å². The summed E-state index contributed by atoms with van der Waals surface area (Å²) in [5.74, 6) is 0.00216. The van der Waals surface area contributed by atoms with Crippen molar-refractivity contribution in [2.45, 2.75) is 64.1 Å². The van der Waals surface area contributed by atoms with Crippen LogP contribution in [0.4, 0.5) is 0 Å². The van der Waals surface area contributed by atoms with E-state index in [0.717, 1.165) is 64.6 Å². The lowest BCUT2D eigenvalue weighted by Gasteiger charge is -2.51. The molecule has 4 aliphatic rings. The van der Waals surface area contributed by atoms with Crippen LogP contribution in [0.2, 0.25) is 0 Å². The number of hydrogen-bond donors (Lipinski definition) is 0. The average molecular weight is 282 g/mol. The van der Waals surface area contributed by atoms with E-state index in [1.54, 1.807) is 0 Å². The van der Waals surface area contributed by atoms with Gasteiger partial charge in [0.1, 0.15) is 0 Å². The Balaban J connectivity index is 1.53. The van der Waals surface area contributed by atoms with Gasteiger partial charge in [-0.25, -0.2) is 0 Å². The van der Waals surface area contributed by atoms with Gasteiger partial charge in [0.2, 0.25) is 0 Å². The molecule has 1 atom stereocenters. The van der Waals surface area contributed by atoms with Crippen LogP contribution in [0.5, 0.6) is 0 Å². The molecule has 3 saturated carbocycles. The molecule has 1 aliphatic heterocycles. The number of hydrogen-bond acceptors (Lipinski definition) is 4. The zero-order valence-corrected chi connectivity index (χ0v) is 12.5. The van der Waals surface area contributed by atoms with Gasteiger partial charge < -0.3 is 14.2 Å². The van der Waals surface area contributed by atoms with Crippen molar-refractivity contribution < 1.29 is 19.0 Å². The number of carbonyl (C=O) groups is 1. The molecular weight excluding hydrogens is 256 g/mol. The van der Waals surface area contributed by atoms with E-state index in [9.17, 15) is 4.79 Å². The first kappa shape index (κ1) is 14.3. The quantitative estimate of drug-likeness (QED) is 0.743. The normalized spacial score (nSPS) is 40.5. The summed E-state index contributed by atoms with van der Waals surface area (Å²) < 4.78 is 16.7. The Morgan fingerprint density at radius 1 is 1.15 bits per heavy atom. The molecule has 1 unspecified atom stereocenters. The van der Waals surface area contributed by atoms with Gasteiger partial charge in [0.25, 0.3) is 0 Å². The van der Waals surface area contributed by atoms with Crippen LogP contribution in [-0.2, 0) is 19.0 Å². The molecule has 0 aromatic rings. The van der Waals surface area contributed by atoms with Gasteiger partial charge in [-0.05, 0) is 63.2 Å². The molecule has 20 heavy (non-hydrogen) atoms. The maximum absolute atomic E-state index is 12.0. The predicted octanol–water partition coefficient (Wildman–Crippen LogP) is 3.04. The van der Waals surface area contributed by atoms with Crippen LogP contribution in [0.3, 0.4) is 0 Å². The maximum Gasteiger partial charge on any atom is 0.311 e. The third-order valence-corrected chi connectivity index (χ3v) is 5.73. The number of methoxy groups -OCH3 is 1. The first-order chi connectivity index (χ1) is 9.68. The summed E-state index contributed by atoms with van der Waals surface area (Å²) >= 11 is 0. The van der Waals surface area contributed by atoms with Gasteiger partial charge in [-0.15, -0.1) is 0 Å². The molecule has 1 heterocycles. The van der Waals surface area contributed by atoms with E-state index in [1.165, 1.54) is 13.5 Å². The molecule has 4 nitrogen and oxygen atoms in total. The summed E-state index contributed by atoms with van der Waals surface area (Å²) in [6.45, 7) is 1.64. The second-order valence-electron chi connectivity index (χ2n) is 6.88. The summed E-state index contributed by atoms with van der Waals surface area (Å²) in [5, 5.41) is 0. The molecule has 0 radical (unpaired) electrons. The average Bonchev–Trinajstić information content (AvgIpc) is 2.55. The van der Waals surface area contributed by atoms with Gasteiger partial charge in [0, 0.05) is 6.61 Å². The Hall–Kier alpha value is -0.610. The maximum atomic E-state index is 12.0. The molecule has 2 bridgehead atoms. The molecule has 4 heteroatoms. The van der Waals surface area contributed by atoms with Crippen LogP contribution in [0.25, 0.3) is 0 Å². The fourth-order valence-corrected chi connectivity index (χ4v) is 4.11. The van der Waals surface area contributed by atoms with Crippen LogP contribution in [0, 0.1) is 10.8 Å². The van der Waals surface area contributed by atoms with Gasteiger partial charge in [-0.1, -0.05) is 0 Å². The molecule has 1 saturated heterocycles.